The van der Waals surface area contributed by atoms with E-state index in [2.05, 4.69) is 16.0 Å². The van der Waals surface area contributed by atoms with E-state index in [4.69, 9.17) is 34.5 Å². The molecule has 3 aliphatic heterocycles. The van der Waals surface area contributed by atoms with Gasteiger partial charge in [0.05, 0.1) is 32.5 Å². The summed E-state index contributed by atoms with van der Waals surface area (Å²) in [4.78, 5) is 64.5. The van der Waals surface area contributed by atoms with Crippen LogP contribution in [0.3, 0.4) is 0 Å². The van der Waals surface area contributed by atoms with E-state index < -0.39 is 22.6 Å². The van der Waals surface area contributed by atoms with Crippen molar-refractivity contribution in [2.45, 2.75) is 149 Å². The minimum Gasteiger partial charge on any atom is -0.496 e. The number of carbonyl (C=O) groups is 5. The Morgan fingerprint density at radius 2 is 0.833 bits per heavy atom. The van der Waals surface area contributed by atoms with Crippen molar-refractivity contribution in [3.05, 3.63) is 196 Å². The molecule has 0 aliphatic carbocycles. The van der Waals surface area contributed by atoms with Gasteiger partial charge in [-0.25, -0.2) is 27.6 Å². The molecule has 3 heterocycles. The quantitative estimate of drug-likeness (QED) is 0.0686. The highest BCUT2D eigenvalue weighted by atomic mass is 19.1. The lowest BCUT2D eigenvalue weighted by Gasteiger charge is -2.34. The smallest absolute Gasteiger partial charge is 0.410 e. The van der Waals surface area contributed by atoms with Gasteiger partial charge in [0.2, 0.25) is 0 Å². The number of benzene rings is 6. The first kappa shape index (κ1) is 81.6. The van der Waals surface area contributed by atoms with E-state index in [0.717, 1.165) is 61.9 Å². The van der Waals surface area contributed by atoms with Crippen LogP contribution in [-0.4, -0.2) is 136 Å². The van der Waals surface area contributed by atoms with Crippen LogP contribution in [-0.2, 0) is 25.7 Å². The summed E-state index contributed by atoms with van der Waals surface area (Å²) in [6.45, 7) is 16.3. The zero-order valence-electron chi connectivity index (χ0n) is 55.2. The van der Waals surface area contributed by atoms with Gasteiger partial charge in [-0.2, -0.15) is 0 Å². The number of likely N-dealkylation sites (tertiary alicyclic amines) is 2. The molecule has 0 saturated carbocycles. The standard InChI is InChI=1S/C26H33FN2O4.C21H25FN2O2.C18H27FN2O2.C8H8O3.3CH4/c1-25(2,3)33-24(31)29-15-8-13-26(14-16-29,19-9-7-10-20(27)17-19)18-28-23(30)21-11-5-6-12-22(21)32-4;1-26-19-9-3-2-8-18(19)20(25)24-15-21(10-5-12-23-13-11-21)16-6-4-7-17(22)14-16;1-17(2,3)23-16(22)21-10-5-8-18(13-20,9-11-21)14-6-4-7-15(19)12-14;1-11-7-5-3-2-4-6(7)8(9)10;;;/h5-7,9-12,17H,8,13-16,18H2,1-4H3,(H,28,30);2-4,6-9,14,23H,5,10-13,15H2,1H3,(H,24,25);4,6-7,12H,5,8-11,13,20H2,1-3H3;2-5H,1H3,(H,9,10);3*1H4. The van der Waals surface area contributed by atoms with Crippen molar-refractivity contribution in [3.8, 4) is 17.2 Å². The summed E-state index contributed by atoms with van der Waals surface area (Å²) in [7, 11) is 4.52. The molecule has 0 spiro atoms. The number of methoxy groups -OCH3 is 3. The number of hydrogen-bond donors (Lipinski definition) is 5. The molecule has 20 heteroatoms. The number of hydrogen-bond acceptors (Lipinski definition) is 12. The summed E-state index contributed by atoms with van der Waals surface area (Å²) in [6.07, 6.45) is 6.45. The molecular formula is C76H105F3N6O11. The van der Waals surface area contributed by atoms with Crippen molar-refractivity contribution in [2.75, 3.05) is 80.2 Å². The third-order valence-electron chi connectivity index (χ3n) is 16.9. The summed E-state index contributed by atoms with van der Waals surface area (Å²) in [6, 6.07) is 40.6. The van der Waals surface area contributed by atoms with Gasteiger partial charge in [-0.3, -0.25) is 9.59 Å². The van der Waals surface area contributed by atoms with Crippen molar-refractivity contribution < 1.29 is 65.9 Å². The number of carboxylic acid groups (broad SMARTS) is 1. The summed E-state index contributed by atoms with van der Waals surface area (Å²) in [5.41, 5.74) is 7.73. The number of nitrogens with two attached hydrogens (primary N) is 1. The van der Waals surface area contributed by atoms with Gasteiger partial charge in [0.1, 0.15) is 51.5 Å². The second-order valence-electron chi connectivity index (χ2n) is 25.6. The van der Waals surface area contributed by atoms with Gasteiger partial charge in [0, 0.05) is 62.1 Å². The van der Waals surface area contributed by atoms with Crippen LogP contribution in [0.2, 0.25) is 0 Å². The van der Waals surface area contributed by atoms with Crippen molar-refractivity contribution in [1.29, 1.82) is 0 Å². The average Bonchev–Trinajstić information content (AvgIpc) is 1.37. The zero-order valence-corrected chi connectivity index (χ0v) is 55.2. The molecule has 3 fully saturated rings. The van der Waals surface area contributed by atoms with Gasteiger partial charge >= 0.3 is 18.2 Å². The first-order valence-corrected chi connectivity index (χ1v) is 31.6. The van der Waals surface area contributed by atoms with E-state index in [0.29, 0.717) is 99.9 Å². The van der Waals surface area contributed by atoms with Crippen molar-refractivity contribution in [2.24, 2.45) is 5.73 Å². The lowest BCUT2D eigenvalue weighted by Crippen LogP contribution is -2.42. The zero-order chi connectivity index (χ0) is 67.8. The lowest BCUT2D eigenvalue weighted by atomic mass is 9.74. The van der Waals surface area contributed by atoms with Gasteiger partial charge < -0.3 is 60.3 Å². The Balaban J connectivity index is 0.000000346. The summed E-state index contributed by atoms with van der Waals surface area (Å²) in [5.74, 6) is -0.775. The Labute approximate surface area is 568 Å². The summed E-state index contributed by atoms with van der Waals surface area (Å²) in [5, 5.41) is 18.1. The first-order valence-electron chi connectivity index (χ1n) is 31.6. The van der Waals surface area contributed by atoms with Gasteiger partial charge in [-0.15, -0.1) is 0 Å². The maximum atomic E-state index is 14.2. The number of carboxylic acids is 1. The first-order chi connectivity index (χ1) is 44.3. The molecule has 6 aromatic rings. The van der Waals surface area contributed by atoms with Gasteiger partial charge in [-0.05, 0) is 202 Å². The maximum Gasteiger partial charge on any atom is 0.410 e. The highest BCUT2D eigenvalue weighted by molar-refractivity contribution is 5.97. The van der Waals surface area contributed by atoms with Crippen LogP contribution in [0.4, 0.5) is 22.8 Å². The molecule has 0 bridgehead atoms. The Morgan fingerprint density at radius 1 is 0.479 bits per heavy atom. The van der Waals surface area contributed by atoms with E-state index in [-0.39, 0.29) is 80.1 Å². The largest absolute Gasteiger partial charge is 0.496 e. The van der Waals surface area contributed by atoms with Gasteiger partial charge in [0.15, 0.2) is 0 Å². The molecule has 3 saturated heterocycles. The average molecular weight is 1340 g/mol. The highest BCUT2D eigenvalue weighted by Crippen LogP contribution is 2.39. The molecule has 96 heavy (non-hydrogen) atoms. The summed E-state index contributed by atoms with van der Waals surface area (Å²) >= 11 is 0. The Bertz CT molecular complexity index is 3420. The molecule has 6 N–H and O–H groups in total. The van der Waals surface area contributed by atoms with E-state index in [9.17, 15) is 37.1 Å². The molecule has 17 nitrogen and oxygen atoms in total. The SMILES string of the molecule is C.C.C.CC(C)(C)OC(=O)N1CCCC(CN)(c2cccc(F)c2)CC1.COc1ccccc1C(=O)NCC1(c2cccc(F)c2)CCCN(C(=O)OC(C)(C)C)CC1.COc1ccccc1C(=O)NCC1(c2cccc(F)c2)CCCNCC1.COc1ccccc1C(=O)O. The predicted octanol–water partition coefficient (Wildman–Crippen LogP) is 14.9. The Hall–Kier alpha value is -8.62. The lowest BCUT2D eigenvalue weighted by molar-refractivity contribution is 0.0243. The number of halogens is 3. The number of ether oxygens (including phenoxy) is 5. The van der Waals surface area contributed by atoms with Crippen LogP contribution in [0, 0.1) is 17.5 Å². The van der Waals surface area contributed by atoms with Crippen molar-refractivity contribution >= 4 is 30.0 Å². The van der Waals surface area contributed by atoms with E-state index in [1.54, 1.807) is 102 Å². The van der Waals surface area contributed by atoms with Gasteiger partial charge in [-0.1, -0.05) is 95.1 Å². The van der Waals surface area contributed by atoms with Crippen LogP contribution in [0.5, 0.6) is 17.2 Å². The fourth-order valence-electron chi connectivity index (χ4n) is 11.9. The monoisotopic (exact) mass is 1330 g/mol. The fourth-order valence-corrected chi connectivity index (χ4v) is 11.9. The number of rotatable bonds is 14. The number of nitrogens with zero attached hydrogens (tertiary/aromatic N) is 2. The van der Waals surface area contributed by atoms with E-state index in [1.165, 1.54) is 44.6 Å². The maximum absolute atomic E-state index is 14.2. The Morgan fingerprint density at radius 3 is 1.21 bits per heavy atom. The fraction of sp³-hybridized carbons (Fsp3) is 0.461. The van der Waals surface area contributed by atoms with E-state index in [1.807, 2.05) is 71.9 Å². The van der Waals surface area contributed by atoms with Crippen LogP contribution in [0.15, 0.2) is 146 Å². The minimum atomic E-state index is -0.970. The number of carbonyl (C=O) groups excluding carboxylic acids is 4. The third kappa shape index (κ3) is 23.6. The molecule has 9 rings (SSSR count). The normalized spacial score (nSPS) is 18.4. The Kier molecular flexibility index (Phi) is 32.5. The molecule has 3 aliphatic rings. The van der Waals surface area contributed by atoms with Crippen LogP contribution in [0.1, 0.15) is 169 Å². The second kappa shape index (κ2) is 38.2. The molecule has 3 unspecified atom stereocenters. The van der Waals surface area contributed by atoms with Crippen molar-refractivity contribution in [1.82, 2.24) is 25.8 Å². The molecule has 526 valence electrons. The van der Waals surface area contributed by atoms with Crippen molar-refractivity contribution in [3.63, 3.8) is 0 Å². The number of amides is 4. The van der Waals surface area contributed by atoms with Crippen LogP contribution in [0.25, 0.3) is 0 Å². The number of para-hydroxylation sites is 3. The second-order valence-corrected chi connectivity index (χ2v) is 25.6. The van der Waals surface area contributed by atoms with Gasteiger partial charge in [0.25, 0.3) is 11.8 Å². The number of nitrogens with one attached hydrogen (secondary N) is 3. The minimum absolute atomic E-state index is 0. The third-order valence-corrected chi connectivity index (χ3v) is 16.9. The van der Waals surface area contributed by atoms with Crippen LogP contribution < -0.4 is 35.9 Å². The van der Waals surface area contributed by atoms with E-state index >= 15 is 0 Å². The molecular weight excluding hydrogens is 1230 g/mol. The highest BCUT2D eigenvalue weighted by Gasteiger charge is 2.39. The predicted molar refractivity (Wildman–Crippen MR) is 374 cm³/mol. The number of aromatic carboxylic acids is 1. The summed E-state index contributed by atoms with van der Waals surface area (Å²) < 4.78 is 68.0. The molecule has 4 amide bonds. The molecule has 3 atom stereocenters. The van der Waals surface area contributed by atoms with Crippen LogP contribution >= 0.6 is 0 Å². The molecule has 0 aromatic heterocycles. The molecule has 0 radical (unpaired) electrons. The molecule has 6 aromatic carbocycles. The topological polar surface area (TPSA) is 220 Å².